The third-order valence-electron chi connectivity index (χ3n) is 4.63. The predicted octanol–water partition coefficient (Wildman–Crippen LogP) is 2.33. The van der Waals surface area contributed by atoms with Gasteiger partial charge in [0.1, 0.15) is 11.6 Å². The summed E-state index contributed by atoms with van der Waals surface area (Å²) in [5.74, 6) is -0.854. The molecule has 2 aromatic carbocycles. The Labute approximate surface area is 167 Å². The van der Waals surface area contributed by atoms with Gasteiger partial charge in [-0.1, -0.05) is 18.2 Å². The Morgan fingerprint density at radius 3 is 2.59 bits per heavy atom. The summed E-state index contributed by atoms with van der Waals surface area (Å²) < 4.78 is 42.3. The molecule has 0 saturated carbocycles. The summed E-state index contributed by atoms with van der Waals surface area (Å²) in [5.41, 5.74) is 0.486. The van der Waals surface area contributed by atoms with Crippen molar-refractivity contribution in [1.29, 1.82) is 0 Å². The second-order valence-corrected chi connectivity index (χ2v) is 8.98. The topological polar surface area (TPSA) is 107 Å². The third kappa shape index (κ3) is 5.50. The van der Waals surface area contributed by atoms with Crippen LogP contribution in [0.2, 0.25) is 0 Å². The summed E-state index contributed by atoms with van der Waals surface area (Å²) in [5, 5.41) is 10.9. The molecule has 10 heteroatoms. The largest absolute Gasteiger partial charge is 0.484 e. The Kier molecular flexibility index (Phi) is 6.12. The number of hydrogen-bond donors (Lipinski definition) is 0. The average Bonchev–Trinajstić information content (AvgIpc) is 3.05. The normalized spacial score (nSPS) is 17.6. The number of carbonyl (C=O) groups excluding carboxylic acids is 1. The van der Waals surface area contributed by atoms with Crippen LogP contribution in [0.25, 0.3) is 0 Å². The number of nitrogens with zero attached hydrogens (tertiary/aromatic N) is 2. The molecule has 1 saturated heterocycles. The van der Waals surface area contributed by atoms with Crippen molar-refractivity contribution in [2.75, 3.05) is 18.1 Å². The van der Waals surface area contributed by atoms with Gasteiger partial charge >= 0.3 is 0 Å². The molecule has 0 spiro atoms. The highest BCUT2D eigenvalue weighted by Gasteiger charge is 2.34. The van der Waals surface area contributed by atoms with Crippen LogP contribution in [-0.2, 0) is 21.2 Å². The first-order valence-corrected chi connectivity index (χ1v) is 10.7. The first kappa shape index (κ1) is 20.7. The summed E-state index contributed by atoms with van der Waals surface area (Å²) in [6, 6.07) is 10.5. The van der Waals surface area contributed by atoms with E-state index in [2.05, 4.69) is 0 Å². The van der Waals surface area contributed by atoms with Crippen LogP contribution in [0.4, 0.5) is 10.1 Å². The van der Waals surface area contributed by atoms with Crippen molar-refractivity contribution < 1.29 is 27.3 Å². The van der Waals surface area contributed by atoms with E-state index in [0.29, 0.717) is 12.0 Å². The number of amides is 1. The lowest BCUT2D eigenvalue weighted by atomic mass is 10.1. The van der Waals surface area contributed by atoms with E-state index in [1.807, 2.05) is 0 Å². The molecular formula is C19H19FN2O6S. The van der Waals surface area contributed by atoms with E-state index in [9.17, 15) is 27.7 Å². The highest BCUT2D eigenvalue weighted by Crippen LogP contribution is 2.22. The molecule has 8 nitrogen and oxygen atoms in total. The highest BCUT2D eigenvalue weighted by molar-refractivity contribution is 7.91. The molecule has 2 aromatic rings. The van der Waals surface area contributed by atoms with Crippen LogP contribution in [-0.4, -0.2) is 48.3 Å². The Morgan fingerprint density at radius 2 is 1.97 bits per heavy atom. The summed E-state index contributed by atoms with van der Waals surface area (Å²) >= 11 is 0. The number of benzene rings is 2. The van der Waals surface area contributed by atoms with Gasteiger partial charge < -0.3 is 9.64 Å². The molecule has 1 unspecified atom stereocenters. The minimum absolute atomic E-state index is 0.00337. The highest BCUT2D eigenvalue weighted by atomic mass is 32.2. The summed E-state index contributed by atoms with van der Waals surface area (Å²) in [6.45, 7) is -0.295. The SMILES string of the molecule is O=C(COc1cccc([N+](=O)[O-])c1)N(Cc1ccc(F)cc1)C1CCS(=O)(=O)C1. The third-order valence-corrected chi connectivity index (χ3v) is 6.38. The summed E-state index contributed by atoms with van der Waals surface area (Å²) in [7, 11) is -3.22. The van der Waals surface area contributed by atoms with Crippen LogP contribution in [0.1, 0.15) is 12.0 Å². The number of sulfone groups is 1. The predicted molar refractivity (Wildman–Crippen MR) is 103 cm³/mol. The molecule has 1 amide bonds. The van der Waals surface area contributed by atoms with Gasteiger partial charge in [0, 0.05) is 18.7 Å². The van der Waals surface area contributed by atoms with Gasteiger partial charge in [-0.15, -0.1) is 0 Å². The average molecular weight is 422 g/mol. The van der Waals surface area contributed by atoms with E-state index >= 15 is 0 Å². The van der Waals surface area contributed by atoms with Crippen LogP contribution in [0, 0.1) is 15.9 Å². The van der Waals surface area contributed by atoms with Crippen molar-refractivity contribution in [2.45, 2.75) is 19.0 Å². The lowest BCUT2D eigenvalue weighted by molar-refractivity contribution is -0.384. The molecule has 1 fully saturated rings. The number of carbonyl (C=O) groups is 1. The molecule has 1 aliphatic rings. The standard InChI is InChI=1S/C19H19FN2O6S/c20-15-6-4-14(5-7-15)11-21(17-8-9-29(26,27)13-17)19(23)12-28-18-3-1-2-16(10-18)22(24)25/h1-7,10,17H,8-9,11-13H2. The van der Waals surface area contributed by atoms with E-state index < -0.39 is 39.1 Å². The second-order valence-electron chi connectivity index (χ2n) is 6.75. The van der Waals surface area contributed by atoms with Gasteiger partial charge in [-0.2, -0.15) is 0 Å². The van der Waals surface area contributed by atoms with Gasteiger partial charge in [0.25, 0.3) is 11.6 Å². The zero-order valence-corrected chi connectivity index (χ0v) is 16.2. The molecule has 0 aliphatic carbocycles. The number of non-ortho nitro benzene ring substituents is 1. The quantitative estimate of drug-likeness (QED) is 0.501. The molecule has 29 heavy (non-hydrogen) atoms. The first-order valence-electron chi connectivity index (χ1n) is 8.85. The number of hydrogen-bond acceptors (Lipinski definition) is 6. The van der Waals surface area contributed by atoms with E-state index in [1.165, 1.54) is 53.4 Å². The van der Waals surface area contributed by atoms with Gasteiger partial charge in [0.2, 0.25) is 0 Å². The molecule has 0 N–H and O–H groups in total. The van der Waals surface area contributed by atoms with Gasteiger partial charge in [0.05, 0.1) is 22.5 Å². The van der Waals surface area contributed by atoms with Crippen LogP contribution >= 0.6 is 0 Å². The van der Waals surface area contributed by atoms with E-state index in [-0.39, 0.29) is 29.5 Å². The Balaban J connectivity index is 1.74. The number of nitro groups is 1. The van der Waals surface area contributed by atoms with Gasteiger partial charge in [-0.25, -0.2) is 12.8 Å². The summed E-state index contributed by atoms with van der Waals surface area (Å²) in [6.07, 6.45) is 0.312. The van der Waals surface area contributed by atoms with Crippen molar-refractivity contribution in [3.05, 3.63) is 70.0 Å². The molecule has 0 aromatic heterocycles. The lowest BCUT2D eigenvalue weighted by Gasteiger charge is -2.28. The summed E-state index contributed by atoms with van der Waals surface area (Å²) in [4.78, 5) is 24.5. The van der Waals surface area contributed by atoms with Crippen molar-refractivity contribution in [2.24, 2.45) is 0 Å². The van der Waals surface area contributed by atoms with Crippen LogP contribution < -0.4 is 4.74 Å². The monoisotopic (exact) mass is 422 g/mol. The smallest absolute Gasteiger partial charge is 0.273 e. The van der Waals surface area contributed by atoms with E-state index in [0.717, 1.165) is 0 Å². The van der Waals surface area contributed by atoms with Crippen molar-refractivity contribution >= 4 is 21.4 Å². The van der Waals surface area contributed by atoms with Crippen molar-refractivity contribution in [3.63, 3.8) is 0 Å². The maximum atomic E-state index is 13.2. The molecule has 0 bridgehead atoms. The molecule has 3 rings (SSSR count). The lowest BCUT2D eigenvalue weighted by Crippen LogP contribution is -2.43. The fraction of sp³-hybridized carbons (Fsp3) is 0.316. The Morgan fingerprint density at radius 1 is 1.24 bits per heavy atom. The number of nitro benzene ring substituents is 1. The molecule has 154 valence electrons. The fourth-order valence-corrected chi connectivity index (χ4v) is 4.87. The molecule has 1 aliphatic heterocycles. The van der Waals surface area contributed by atoms with Crippen molar-refractivity contribution in [3.8, 4) is 5.75 Å². The first-order chi connectivity index (χ1) is 13.7. The van der Waals surface area contributed by atoms with E-state index in [1.54, 1.807) is 0 Å². The number of ether oxygens (including phenoxy) is 1. The zero-order valence-electron chi connectivity index (χ0n) is 15.4. The second kappa shape index (κ2) is 8.56. The Hall–Kier alpha value is -3.01. The van der Waals surface area contributed by atoms with Gasteiger partial charge in [-0.3, -0.25) is 14.9 Å². The van der Waals surface area contributed by atoms with Crippen LogP contribution in [0.3, 0.4) is 0 Å². The minimum Gasteiger partial charge on any atom is -0.484 e. The number of halogens is 1. The molecule has 0 radical (unpaired) electrons. The van der Waals surface area contributed by atoms with E-state index in [4.69, 9.17) is 4.74 Å². The molecule has 1 heterocycles. The zero-order chi connectivity index (χ0) is 21.0. The maximum Gasteiger partial charge on any atom is 0.273 e. The Bertz CT molecular complexity index is 1010. The minimum atomic E-state index is -3.22. The fourth-order valence-electron chi connectivity index (χ4n) is 3.14. The van der Waals surface area contributed by atoms with Gasteiger partial charge in [0.15, 0.2) is 16.4 Å². The van der Waals surface area contributed by atoms with Crippen LogP contribution in [0.5, 0.6) is 5.75 Å². The maximum absolute atomic E-state index is 13.2. The number of rotatable bonds is 7. The molecular weight excluding hydrogens is 403 g/mol. The molecule has 1 atom stereocenters. The van der Waals surface area contributed by atoms with Crippen molar-refractivity contribution in [1.82, 2.24) is 4.90 Å². The van der Waals surface area contributed by atoms with Gasteiger partial charge in [-0.05, 0) is 30.2 Å². The van der Waals surface area contributed by atoms with Crippen LogP contribution in [0.15, 0.2) is 48.5 Å².